The molecule has 0 spiro atoms. The monoisotopic (exact) mass is 477 g/mol. The zero-order valence-corrected chi connectivity index (χ0v) is 21.6. The molecule has 172 valence electrons. The Morgan fingerprint density at radius 1 is 1.03 bits per heavy atom. The minimum absolute atomic E-state index is 0.0657. The van der Waals surface area contributed by atoms with Crippen molar-refractivity contribution in [1.82, 2.24) is 9.88 Å². The minimum atomic E-state index is -0.0657. The van der Waals surface area contributed by atoms with E-state index in [1.807, 2.05) is 30.4 Å². The van der Waals surface area contributed by atoms with Gasteiger partial charge in [0.15, 0.2) is 0 Å². The summed E-state index contributed by atoms with van der Waals surface area (Å²) in [6.07, 6.45) is 5.80. The molecule has 1 aliphatic carbocycles. The number of benzene rings is 2. The molecule has 1 heterocycles. The van der Waals surface area contributed by atoms with E-state index in [4.69, 9.17) is 0 Å². The molecule has 1 aliphatic rings. The number of carbonyl (C=O) groups is 1. The van der Waals surface area contributed by atoms with Gasteiger partial charge in [0.2, 0.25) is 0 Å². The number of aromatic nitrogens is 1. The van der Waals surface area contributed by atoms with Crippen LogP contribution < -0.4 is 5.32 Å². The fourth-order valence-corrected chi connectivity index (χ4v) is 5.85. The molecule has 1 aromatic heterocycles. The highest BCUT2D eigenvalue weighted by atomic mass is 32.2. The average molecular weight is 478 g/mol. The van der Waals surface area contributed by atoms with E-state index in [9.17, 15) is 4.79 Å². The third-order valence-electron chi connectivity index (χ3n) is 6.29. The molecule has 1 N–H and O–H groups in total. The fourth-order valence-electron chi connectivity index (χ4n) is 4.55. The average Bonchev–Trinajstić information content (AvgIpc) is 3.23. The molecule has 33 heavy (non-hydrogen) atoms. The van der Waals surface area contributed by atoms with E-state index in [1.54, 1.807) is 23.5 Å². The van der Waals surface area contributed by atoms with Crippen LogP contribution in [0.4, 0.5) is 10.5 Å². The zero-order valence-electron chi connectivity index (χ0n) is 19.9. The van der Waals surface area contributed by atoms with Gasteiger partial charge < -0.3 is 10.2 Å². The van der Waals surface area contributed by atoms with Crippen LogP contribution in [0.2, 0.25) is 0 Å². The molecule has 0 bridgehead atoms. The van der Waals surface area contributed by atoms with Gasteiger partial charge in [0, 0.05) is 23.2 Å². The van der Waals surface area contributed by atoms with Crippen LogP contribution in [-0.2, 0) is 19.4 Å². The van der Waals surface area contributed by atoms with Crippen LogP contribution in [0.1, 0.15) is 33.5 Å². The van der Waals surface area contributed by atoms with Gasteiger partial charge in [0.25, 0.3) is 0 Å². The predicted octanol–water partition coefficient (Wildman–Crippen LogP) is 6.65. The second-order valence-electron chi connectivity index (χ2n) is 8.67. The molecule has 0 atom stereocenters. The predicted molar refractivity (Wildman–Crippen MR) is 141 cm³/mol. The molecule has 0 unspecified atom stereocenters. The number of aryl methyl sites for hydroxylation is 3. The van der Waals surface area contributed by atoms with E-state index in [0.29, 0.717) is 6.54 Å². The minimum Gasteiger partial charge on any atom is -0.317 e. The van der Waals surface area contributed by atoms with Gasteiger partial charge in [-0.15, -0.1) is 23.5 Å². The molecule has 0 fully saturated rings. The standard InChI is InChI=1S/C27H31N3OS2/c1-17-10-11-22(18(2)12-17)16-30(23-14-20-8-6-7-9-21(20)15-23)27(31)29-25-24(32-4)13-19(3)28-26(25)33-5/h6-13,23H,14-16H2,1-5H3,(H,29,31). The van der Waals surface area contributed by atoms with Crippen molar-refractivity contribution in [2.45, 2.75) is 56.1 Å². The molecular formula is C27H31N3OS2. The summed E-state index contributed by atoms with van der Waals surface area (Å²) in [5, 5.41) is 4.10. The summed E-state index contributed by atoms with van der Waals surface area (Å²) in [7, 11) is 0. The van der Waals surface area contributed by atoms with E-state index in [0.717, 1.165) is 34.1 Å². The van der Waals surface area contributed by atoms with E-state index in [2.05, 4.69) is 66.6 Å². The number of urea groups is 1. The summed E-state index contributed by atoms with van der Waals surface area (Å²) in [6.45, 7) is 6.81. The number of amides is 2. The van der Waals surface area contributed by atoms with Gasteiger partial charge >= 0.3 is 6.03 Å². The first-order valence-corrected chi connectivity index (χ1v) is 13.6. The van der Waals surface area contributed by atoms with Gasteiger partial charge in [-0.1, -0.05) is 48.0 Å². The second-order valence-corrected chi connectivity index (χ2v) is 10.3. The number of anilines is 1. The molecule has 4 rings (SSSR count). The van der Waals surface area contributed by atoms with Gasteiger partial charge in [-0.05, 0) is 74.4 Å². The van der Waals surface area contributed by atoms with Crippen molar-refractivity contribution in [3.05, 3.63) is 82.0 Å². The first kappa shape index (κ1) is 23.7. The maximum Gasteiger partial charge on any atom is 0.322 e. The molecule has 4 nitrogen and oxygen atoms in total. The molecule has 0 saturated heterocycles. The lowest BCUT2D eigenvalue weighted by atomic mass is 10.0. The molecule has 0 saturated carbocycles. The maximum absolute atomic E-state index is 13.8. The van der Waals surface area contributed by atoms with E-state index >= 15 is 0 Å². The van der Waals surface area contributed by atoms with Crippen molar-refractivity contribution in [3.8, 4) is 0 Å². The highest BCUT2D eigenvalue weighted by Gasteiger charge is 2.31. The Balaban J connectivity index is 1.67. The summed E-state index contributed by atoms with van der Waals surface area (Å²) in [5.41, 5.74) is 8.09. The molecule has 2 amide bonds. The van der Waals surface area contributed by atoms with Crippen molar-refractivity contribution in [3.63, 3.8) is 0 Å². The lowest BCUT2D eigenvalue weighted by Gasteiger charge is -2.30. The summed E-state index contributed by atoms with van der Waals surface area (Å²) in [4.78, 5) is 21.6. The molecular weight excluding hydrogens is 446 g/mol. The maximum atomic E-state index is 13.8. The van der Waals surface area contributed by atoms with E-state index < -0.39 is 0 Å². The summed E-state index contributed by atoms with van der Waals surface area (Å²) < 4.78 is 0. The lowest BCUT2D eigenvalue weighted by Crippen LogP contribution is -2.43. The van der Waals surface area contributed by atoms with Gasteiger partial charge in [0.05, 0.1) is 5.69 Å². The van der Waals surface area contributed by atoms with Crippen LogP contribution in [0, 0.1) is 20.8 Å². The highest BCUT2D eigenvalue weighted by molar-refractivity contribution is 7.99. The number of fused-ring (bicyclic) bond motifs is 1. The van der Waals surface area contributed by atoms with Crippen LogP contribution in [0.15, 0.2) is 58.5 Å². The van der Waals surface area contributed by atoms with Crippen molar-refractivity contribution < 1.29 is 4.79 Å². The SMILES string of the molecule is CSc1cc(C)nc(SC)c1NC(=O)N(Cc1ccc(C)cc1C)C1Cc2ccccc2C1. The van der Waals surface area contributed by atoms with Crippen LogP contribution in [0.5, 0.6) is 0 Å². The Morgan fingerprint density at radius 2 is 1.73 bits per heavy atom. The zero-order chi connectivity index (χ0) is 23.5. The Morgan fingerprint density at radius 3 is 2.33 bits per heavy atom. The van der Waals surface area contributed by atoms with Gasteiger partial charge in [0.1, 0.15) is 5.03 Å². The summed E-state index contributed by atoms with van der Waals surface area (Å²) in [5.74, 6) is 0. The molecule has 6 heteroatoms. The Hall–Kier alpha value is -2.44. The number of pyridine rings is 1. The number of nitrogens with zero attached hydrogens (tertiary/aromatic N) is 2. The quantitative estimate of drug-likeness (QED) is 0.404. The Kier molecular flexibility index (Phi) is 7.35. The smallest absolute Gasteiger partial charge is 0.317 e. The van der Waals surface area contributed by atoms with Crippen molar-refractivity contribution >= 4 is 35.2 Å². The molecule has 0 radical (unpaired) electrons. The number of nitrogens with one attached hydrogen (secondary N) is 1. The van der Waals surface area contributed by atoms with Gasteiger partial charge in [-0.3, -0.25) is 0 Å². The van der Waals surface area contributed by atoms with Crippen molar-refractivity contribution in [2.75, 3.05) is 17.8 Å². The fraction of sp³-hybridized carbons (Fsp3) is 0.333. The Bertz CT molecular complexity index is 1130. The van der Waals surface area contributed by atoms with Crippen LogP contribution in [0.3, 0.4) is 0 Å². The normalized spacial score (nSPS) is 13.1. The van der Waals surface area contributed by atoms with E-state index in [1.165, 1.54) is 27.8 Å². The largest absolute Gasteiger partial charge is 0.322 e. The molecule has 3 aromatic rings. The van der Waals surface area contributed by atoms with Gasteiger partial charge in [-0.25, -0.2) is 9.78 Å². The van der Waals surface area contributed by atoms with Crippen molar-refractivity contribution in [2.24, 2.45) is 0 Å². The van der Waals surface area contributed by atoms with Crippen molar-refractivity contribution in [1.29, 1.82) is 0 Å². The lowest BCUT2D eigenvalue weighted by molar-refractivity contribution is 0.185. The third kappa shape index (κ3) is 5.22. The first-order chi connectivity index (χ1) is 15.9. The molecule has 2 aromatic carbocycles. The van der Waals surface area contributed by atoms with E-state index in [-0.39, 0.29) is 12.1 Å². The van der Waals surface area contributed by atoms with Crippen LogP contribution in [0.25, 0.3) is 0 Å². The number of hydrogen-bond acceptors (Lipinski definition) is 4. The number of carbonyl (C=O) groups excluding carboxylic acids is 1. The van der Waals surface area contributed by atoms with Gasteiger partial charge in [-0.2, -0.15) is 0 Å². The summed E-state index contributed by atoms with van der Waals surface area (Å²) in [6, 6.07) is 17.1. The third-order valence-corrected chi connectivity index (χ3v) is 7.74. The van der Waals surface area contributed by atoms with Crippen LogP contribution >= 0.6 is 23.5 Å². The number of hydrogen-bond donors (Lipinski definition) is 1. The molecule has 0 aliphatic heterocycles. The highest BCUT2D eigenvalue weighted by Crippen LogP contribution is 2.35. The topological polar surface area (TPSA) is 45.2 Å². The summed E-state index contributed by atoms with van der Waals surface area (Å²) >= 11 is 3.20. The first-order valence-electron chi connectivity index (χ1n) is 11.2. The number of thioether (sulfide) groups is 2. The van der Waals surface area contributed by atoms with Crippen LogP contribution in [-0.4, -0.2) is 34.5 Å². The Labute approximate surface area is 205 Å². The second kappa shape index (κ2) is 10.2. The number of rotatable bonds is 6.